The number of phenols is 1. The summed E-state index contributed by atoms with van der Waals surface area (Å²) in [5.74, 6) is 0.102. The normalized spacial score (nSPS) is 24.5. The smallest absolute Gasteiger partial charge is 0.218 e. The summed E-state index contributed by atoms with van der Waals surface area (Å²) in [5.41, 5.74) is 6.88. The van der Waals surface area contributed by atoms with Crippen molar-refractivity contribution in [2.24, 2.45) is 11.7 Å². The molecule has 0 aliphatic carbocycles. The first kappa shape index (κ1) is 19.2. The number of benzene rings is 1. The second-order valence-electron chi connectivity index (χ2n) is 6.75. The first-order valence-electron chi connectivity index (χ1n) is 8.44. The van der Waals surface area contributed by atoms with E-state index in [1.807, 2.05) is 0 Å². The third-order valence-corrected chi connectivity index (χ3v) is 8.28. The van der Waals surface area contributed by atoms with E-state index in [0.29, 0.717) is 49.5 Å². The summed E-state index contributed by atoms with van der Waals surface area (Å²) in [6, 6.07) is 2.58. The Morgan fingerprint density at radius 3 is 2.44 bits per heavy atom. The van der Waals surface area contributed by atoms with Crippen LogP contribution in [0.1, 0.15) is 30.9 Å². The van der Waals surface area contributed by atoms with Crippen LogP contribution in [-0.4, -0.2) is 49.3 Å². The highest BCUT2D eigenvalue weighted by Gasteiger charge is 2.37. The highest BCUT2D eigenvalue weighted by molar-refractivity contribution is 7.89. The molecule has 9 heteroatoms. The molecule has 0 spiro atoms. The van der Waals surface area contributed by atoms with Crippen molar-refractivity contribution in [3.8, 4) is 5.75 Å². The number of nitrogens with two attached hydrogens (primary N) is 1. The molecule has 4 N–H and O–H groups in total. The molecule has 140 valence electrons. The van der Waals surface area contributed by atoms with Crippen molar-refractivity contribution in [2.45, 2.75) is 30.6 Å². The zero-order valence-corrected chi connectivity index (χ0v) is 16.1. The van der Waals surface area contributed by atoms with Crippen LogP contribution >= 0.6 is 23.2 Å². The van der Waals surface area contributed by atoms with Gasteiger partial charge in [0.05, 0.1) is 15.3 Å². The Morgan fingerprint density at radius 1 is 1.20 bits per heavy atom. The monoisotopic (exact) mass is 407 g/mol. The third-order valence-electron chi connectivity index (χ3n) is 5.23. The first-order valence-corrected chi connectivity index (χ1v) is 10.7. The van der Waals surface area contributed by atoms with Gasteiger partial charge in [0.2, 0.25) is 10.0 Å². The maximum Gasteiger partial charge on any atom is 0.218 e. The minimum Gasteiger partial charge on any atom is -0.508 e. The maximum atomic E-state index is 12.7. The van der Waals surface area contributed by atoms with Gasteiger partial charge >= 0.3 is 0 Å². The minimum absolute atomic E-state index is 0.0222. The molecule has 0 aromatic heterocycles. The van der Waals surface area contributed by atoms with Crippen molar-refractivity contribution in [2.75, 3.05) is 26.2 Å². The van der Waals surface area contributed by atoms with Crippen molar-refractivity contribution in [3.63, 3.8) is 0 Å². The average Bonchev–Trinajstić information content (AvgIpc) is 3.13. The van der Waals surface area contributed by atoms with E-state index in [0.717, 1.165) is 6.54 Å². The fraction of sp³-hybridized carbons (Fsp3) is 0.625. The Hall–Kier alpha value is -0.570. The molecule has 0 saturated carbocycles. The third kappa shape index (κ3) is 3.91. The number of sulfonamides is 1. The van der Waals surface area contributed by atoms with Gasteiger partial charge in [0.1, 0.15) is 5.75 Å². The Morgan fingerprint density at radius 2 is 1.84 bits per heavy atom. The van der Waals surface area contributed by atoms with E-state index < -0.39 is 16.1 Å². The lowest BCUT2D eigenvalue weighted by molar-refractivity contribution is 0.242. The van der Waals surface area contributed by atoms with E-state index in [4.69, 9.17) is 28.9 Å². The van der Waals surface area contributed by atoms with Crippen molar-refractivity contribution in [1.82, 2.24) is 9.62 Å². The van der Waals surface area contributed by atoms with Crippen LogP contribution in [0.2, 0.25) is 10.0 Å². The van der Waals surface area contributed by atoms with E-state index >= 15 is 0 Å². The van der Waals surface area contributed by atoms with Crippen LogP contribution in [0.5, 0.6) is 5.75 Å². The summed E-state index contributed by atoms with van der Waals surface area (Å²) < 4.78 is 26.9. The Bertz CT molecular complexity index is 730. The molecule has 2 heterocycles. The number of aromatic hydroxyl groups is 1. The summed E-state index contributed by atoms with van der Waals surface area (Å²) in [7, 11) is -3.25. The van der Waals surface area contributed by atoms with Crippen LogP contribution in [0.15, 0.2) is 12.1 Å². The van der Waals surface area contributed by atoms with Crippen molar-refractivity contribution >= 4 is 33.2 Å². The van der Waals surface area contributed by atoms with Gasteiger partial charge in [-0.15, -0.1) is 0 Å². The molecule has 0 amide bonds. The lowest BCUT2D eigenvalue weighted by Gasteiger charge is -2.35. The van der Waals surface area contributed by atoms with Gasteiger partial charge in [0.15, 0.2) is 0 Å². The van der Waals surface area contributed by atoms with Gasteiger partial charge < -0.3 is 16.2 Å². The highest BCUT2D eigenvalue weighted by Crippen LogP contribution is 2.38. The Kier molecular flexibility index (Phi) is 5.82. The van der Waals surface area contributed by atoms with Crippen LogP contribution < -0.4 is 11.1 Å². The summed E-state index contributed by atoms with van der Waals surface area (Å²) in [5, 5.41) is 13.5. The van der Waals surface area contributed by atoms with Gasteiger partial charge in [-0.05, 0) is 37.8 Å². The molecule has 2 aliphatic rings. The Balaban J connectivity index is 1.67. The predicted molar refractivity (Wildman–Crippen MR) is 99.5 cm³/mol. The molecular weight excluding hydrogens is 385 g/mol. The summed E-state index contributed by atoms with van der Waals surface area (Å²) >= 11 is 11.9. The summed E-state index contributed by atoms with van der Waals surface area (Å²) in [4.78, 5) is 0. The van der Waals surface area contributed by atoms with E-state index in [-0.39, 0.29) is 21.9 Å². The first-order chi connectivity index (χ1) is 11.8. The number of halogens is 2. The standard InChI is InChI=1S/C16H23Cl2N3O3S/c17-13-7-12(15(22)8-14(13)18)16(19)10-2-5-21(6-3-10)25(23,24)11-1-4-20-9-11/h7-8,10-11,16,20,22H,1-6,9,19H2/t11-,16+/m0/s1. The molecular formula is C16H23Cl2N3O3S. The molecule has 3 rings (SSSR count). The molecule has 2 aliphatic heterocycles. The molecule has 1 aromatic rings. The topological polar surface area (TPSA) is 95.7 Å². The number of hydrogen-bond donors (Lipinski definition) is 3. The zero-order valence-electron chi connectivity index (χ0n) is 13.8. The van der Waals surface area contributed by atoms with E-state index in [2.05, 4.69) is 5.32 Å². The number of phenolic OH excluding ortho intramolecular Hbond substituents is 1. The summed E-state index contributed by atoms with van der Waals surface area (Å²) in [6.07, 6.45) is 1.97. The molecule has 6 nitrogen and oxygen atoms in total. The second kappa shape index (κ2) is 7.58. The maximum absolute atomic E-state index is 12.7. The molecule has 1 aromatic carbocycles. The van der Waals surface area contributed by atoms with E-state index in [1.54, 1.807) is 10.4 Å². The van der Waals surface area contributed by atoms with Gasteiger partial charge in [0, 0.05) is 37.3 Å². The fourth-order valence-electron chi connectivity index (χ4n) is 3.66. The summed E-state index contributed by atoms with van der Waals surface area (Å²) in [6.45, 7) is 2.19. The SMILES string of the molecule is N[C@@H](c1cc(Cl)c(Cl)cc1O)C1CCN(S(=O)(=O)[C@H]2CCNC2)CC1. The van der Waals surface area contributed by atoms with Crippen LogP contribution in [0.25, 0.3) is 0 Å². The van der Waals surface area contributed by atoms with Gasteiger partial charge in [0.25, 0.3) is 0 Å². The second-order valence-corrected chi connectivity index (χ2v) is 9.77. The van der Waals surface area contributed by atoms with E-state index in [9.17, 15) is 13.5 Å². The lowest BCUT2D eigenvalue weighted by atomic mass is 9.86. The molecule has 2 fully saturated rings. The molecule has 2 saturated heterocycles. The zero-order chi connectivity index (χ0) is 18.2. The molecule has 0 unspecified atom stereocenters. The van der Waals surface area contributed by atoms with Crippen molar-refractivity contribution < 1.29 is 13.5 Å². The fourth-order valence-corrected chi connectivity index (χ4v) is 5.87. The molecule has 0 radical (unpaired) electrons. The van der Waals surface area contributed by atoms with Gasteiger partial charge in [-0.3, -0.25) is 0 Å². The van der Waals surface area contributed by atoms with Crippen LogP contribution in [0.4, 0.5) is 0 Å². The quantitative estimate of drug-likeness (QED) is 0.709. The molecule has 2 atom stereocenters. The Labute approximate surface area is 158 Å². The largest absolute Gasteiger partial charge is 0.508 e. The van der Waals surface area contributed by atoms with Crippen molar-refractivity contribution in [3.05, 3.63) is 27.7 Å². The number of nitrogens with one attached hydrogen (secondary N) is 1. The van der Waals surface area contributed by atoms with Gasteiger partial charge in [-0.1, -0.05) is 23.2 Å². The van der Waals surface area contributed by atoms with Gasteiger partial charge in [-0.25, -0.2) is 12.7 Å². The number of piperidine rings is 1. The van der Waals surface area contributed by atoms with Gasteiger partial charge in [-0.2, -0.15) is 0 Å². The van der Waals surface area contributed by atoms with Crippen LogP contribution in [0, 0.1) is 5.92 Å². The lowest BCUT2D eigenvalue weighted by Crippen LogP contribution is -2.45. The van der Waals surface area contributed by atoms with E-state index in [1.165, 1.54) is 6.07 Å². The highest BCUT2D eigenvalue weighted by atomic mass is 35.5. The van der Waals surface area contributed by atoms with Crippen LogP contribution in [0.3, 0.4) is 0 Å². The molecule has 0 bridgehead atoms. The number of nitrogens with zero attached hydrogens (tertiary/aromatic N) is 1. The minimum atomic E-state index is -3.25. The van der Waals surface area contributed by atoms with Crippen molar-refractivity contribution in [1.29, 1.82) is 0 Å². The predicted octanol–water partition coefficient (Wildman–Crippen LogP) is 2.10. The average molecular weight is 408 g/mol. The molecule has 25 heavy (non-hydrogen) atoms. The number of hydrogen-bond acceptors (Lipinski definition) is 5. The number of rotatable bonds is 4. The van der Waals surface area contributed by atoms with Crippen LogP contribution in [-0.2, 0) is 10.0 Å².